The monoisotopic (exact) mass is 376 g/mol. The first kappa shape index (κ1) is 19.8. The number of ketones is 2. The standard InChI is InChI=1S/C19H20N2O4.ClH/c1-21(2)9-5-8-20-13-10-14(22)15-16(19(13)25)18(24)12-7-4-3-6-11(12)17(15)23;/h3-4,6-7,10,20,22,25H,5,8-9H2,1-2H3;1H. The van der Waals surface area contributed by atoms with Gasteiger partial charge in [-0.2, -0.15) is 0 Å². The Labute approximate surface area is 157 Å². The molecule has 0 saturated carbocycles. The van der Waals surface area contributed by atoms with Crippen molar-refractivity contribution in [2.45, 2.75) is 6.42 Å². The largest absolute Gasteiger partial charge is 0.507 e. The number of nitrogens with zero attached hydrogens (tertiary/aromatic N) is 1. The minimum atomic E-state index is -0.463. The van der Waals surface area contributed by atoms with E-state index >= 15 is 0 Å². The van der Waals surface area contributed by atoms with Crippen LogP contribution in [0.25, 0.3) is 0 Å². The number of hydrogen-bond donors (Lipinski definition) is 3. The second-order valence-corrected chi connectivity index (χ2v) is 6.33. The predicted molar refractivity (Wildman–Crippen MR) is 102 cm³/mol. The van der Waals surface area contributed by atoms with Crippen LogP contribution in [0.3, 0.4) is 0 Å². The first-order valence-electron chi connectivity index (χ1n) is 8.07. The molecule has 3 N–H and O–H groups in total. The van der Waals surface area contributed by atoms with Gasteiger partial charge in [0.25, 0.3) is 0 Å². The number of aromatic hydroxyl groups is 2. The molecule has 7 heteroatoms. The molecule has 138 valence electrons. The second-order valence-electron chi connectivity index (χ2n) is 6.33. The van der Waals surface area contributed by atoms with E-state index in [1.807, 2.05) is 19.0 Å². The van der Waals surface area contributed by atoms with Crippen molar-refractivity contribution in [2.75, 3.05) is 32.5 Å². The van der Waals surface area contributed by atoms with Crippen LogP contribution in [0, 0.1) is 0 Å². The average molecular weight is 377 g/mol. The lowest BCUT2D eigenvalue weighted by Crippen LogP contribution is -2.22. The van der Waals surface area contributed by atoms with E-state index in [9.17, 15) is 19.8 Å². The van der Waals surface area contributed by atoms with Gasteiger partial charge in [-0.15, -0.1) is 12.4 Å². The molecule has 0 heterocycles. The van der Waals surface area contributed by atoms with E-state index in [0.717, 1.165) is 13.0 Å². The number of rotatable bonds is 5. The Kier molecular flexibility index (Phi) is 5.90. The Hall–Kier alpha value is -2.57. The zero-order valence-electron chi connectivity index (χ0n) is 14.6. The Balaban J connectivity index is 0.00000243. The predicted octanol–water partition coefficient (Wildman–Crippen LogP) is 2.66. The zero-order chi connectivity index (χ0) is 18.1. The molecular weight excluding hydrogens is 356 g/mol. The highest BCUT2D eigenvalue weighted by Crippen LogP contribution is 2.42. The number of carbonyl (C=O) groups is 2. The summed E-state index contributed by atoms with van der Waals surface area (Å²) in [5.74, 6) is -1.53. The van der Waals surface area contributed by atoms with Crippen molar-refractivity contribution in [3.8, 4) is 11.5 Å². The maximum absolute atomic E-state index is 12.7. The summed E-state index contributed by atoms with van der Waals surface area (Å²) in [6.07, 6.45) is 0.819. The van der Waals surface area contributed by atoms with Crippen LogP contribution in [0.4, 0.5) is 5.69 Å². The highest BCUT2D eigenvalue weighted by molar-refractivity contribution is 6.30. The topological polar surface area (TPSA) is 89.9 Å². The van der Waals surface area contributed by atoms with Crippen molar-refractivity contribution in [3.05, 3.63) is 52.6 Å². The minimum Gasteiger partial charge on any atom is -0.507 e. The molecule has 2 aromatic carbocycles. The first-order chi connectivity index (χ1) is 11.9. The summed E-state index contributed by atoms with van der Waals surface area (Å²) in [4.78, 5) is 27.4. The fraction of sp³-hybridized carbons (Fsp3) is 0.263. The summed E-state index contributed by atoms with van der Waals surface area (Å²) >= 11 is 0. The summed E-state index contributed by atoms with van der Waals surface area (Å²) in [5, 5.41) is 23.8. The van der Waals surface area contributed by atoms with E-state index in [-0.39, 0.29) is 51.8 Å². The number of carbonyl (C=O) groups excluding carboxylic acids is 2. The Morgan fingerprint density at radius 3 is 2.15 bits per heavy atom. The molecule has 1 aliphatic carbocycles. The normalized spacial score (nSPS) is 12.4. The number of hydrogen-bond acceptors (Lipinski definition) is 6. The third-order valence-corrected chi connectivity index (χ3v) is 4.25. The molecule has 1 aliphatic rings. The van der Waals surface area contributed by atoms with Gasteiger partial charge in [-0.05, 0) is 27.1 Å². The van der Waals surface area contributed by atoms with Gasteiger partial charge in [-0.25, -0.2) is 0 Å². The highest BCUT2D eigenvalue weighted by atomic mass is 35.5. The third kappa shape index (κ3) is 3.38. The van der Waals surface area contributed by atoms with Crippen molar-refractivity contribution in [1.82, 2.24) is 4.90 Å². The lowest BCUT2D eigenvalue weighted by Gasteiger charge is -2.21. The Morgan fingerprint density at radius 2 is 1.58 bits per heavy atom. The number of halogens is 1. The molecular formula is C19H21ClN2O4. The van der Waals surface area contributed by atoms with Crippen LogP contribution in [0.2, 0.25) is 0 Å². The molecule has 26 heavy (non-hydrogen) atoms. The summed E-state index contributed by atoms with van der Waals surface area (Å²) < 4.78 is 0. The van der Waals surface area contributed by atoms with Gasteiger partial charge in [0.2, 0.25) is 0 Å². The smallest absolute Gasteiger partial charge is 0.198 e. The van der Waals surface area contributed by atoms with Gasteiger partial charge in [-0.3, -0.25) is 9.59 Å². The fourth-order valence-corrected chi connectivity index (χ4v) is 3.01. The highest BCUT2D eigenvalue weighted by Gasteiger charge is 2.35. The number of phenols is 2. The molecule has 0 aliphatic heterocycles. The van der Waals surface area contributed by atoms with Crippen molar-refractivity contribution >= 4 is 29.7 Å². The van der Waals surface area contributed by atoms with Crippen molar-refractivity contribution in [3.63, 3.8) is 0 Å². The molecule has 0 fully saturated rings. The molecule has 6 nitrogen and oxygen atoms in total. The van der Waals surface area contributed by atoms with Gasteiger partial charge in [0, 0.05) is 23.7 Å². The molecule has 0 amide bonds. The molecule has 0 saturated heterocycles. The van der Waals surface area contributed by atoms with Crippen LogP contribution < -0.4 is 5.32 Å². The van der Waals surface area contributed by atoms with Crippen LogP contribution in [0.15, 0.2) is 30.3 Å². The van der Waals surface area contributed by atoms with Crippen molar-refractivity contribution < 1.29 is 19.8 Å². The number of phenolic OH excluding ortho intramolecular Hbond substituents is 2. The zero-order valence-corrected chi connectivity index (χ0v) is 15.4. The van der Waals surface area contributed by atoms with Crippen LogP contribution in [-0.2, 0) is 0 Å². The summed E-state index contributed by atoms with van der Waals surface area (Å²) in [5.41, 5.74) is 0.440. The van der Waals surface area contributed by atoms with Gasteiger partial charge in [0.1, 0.15) is 5.75 Å². The Morgan fingerprint density at radius 1 is 1.00 bits per heavy atom. The molecule has 0 bridgehead atoms. The molecule has 0 atom stereocenters. The van der Waals surface area contributed by atoms with Gasteiger partial charge < -0.3 is 20.4 Å². The quantitative estimate of drug-likeness (QED) is 0.360. The number of anilines is 1. The van der Waals surface area contributed by atoms with E-state index in [0.29, 0.717) is 6.54 Å². The average Bonchev–Trinajstić information content (AvgIpc) is 2.58. The second kappa shape index (κ2) is 7.76. The van der Waals surface area contributed by atoms with Crippen molar-refractivity contribution in [1.29, 1.82) is 0 Å². The number of fused-ring (bicyclic) bond motifs is 2. The minimum absolute atomic E-state index is 0. The summed E-state index contributed by atoms with van der Waals surface area (Å²) in [7, 11) is 3.92. The van der Waals surface area contributed by atoms with Gasteiger partial charge in [0.05, 0.1) is 16.8 Å². The molecule has 0 unspecified atom stereocenters. The maximum atomic E-state index is 12.7. The summed E-state index contributed by atoms with van der Waals surface area (Å²) in [6, 6.07) is 7.71. The Bertz CT molecular complexity index is 865. The van der Waals surface area contributed by atoms with Crippen LogP contribution in [0.1, 0.15) is 38.3 Å². The lowest BCUT2D eigenvalue weighted by atomic mass is 9.82. The van der Waals surface area contributed by atoms with E-state index in [1.165, 1.54) is 6.07 Å². The van der Waals surface area contributed by atoms with Crippen LogP contribution in [-0.4, -0.2) is 53.9 Å². The third-order valence-electron chi connectivity index (χ3n) is 4.25. The summed E-state index contributed by atoms with van der Waals surface area (Å²) in [6.45, 7) is 1.41. The molecule has 3 rings (SSSR count). The maximum Gasteiger partial charge on any atom is 0.198 e. The van der Waals surface area contributed by atoms with Gasteiger partial charge in [-0.1, -0.05) is 24.3 Å². The first-order valence-corrected chi connectivity index (χ1v) is 8.07. The molecule has 0 radical (unpaired) electrons. The number of benzene rings is 2. The van der Waals surface area contributed by atoms with Gasteiger partial charge >= 0.3 is 0 Å². The fourth-order valence-electron chi connectivity index (χ4n) is 3.01. The van der Waals surface area contributed by atoms with E-state index in [4.69, 9.17) is 0 Å². The SMILES string of the molecule is CN(C)CCCNc1cc(O)c2c(c1O)C(=O)c1ccccc1C2=O.Cl. The molecule has 2 aromatic rings. The van der Waals surface area contributed by atoms with Gasteiger partial charge in [0.15, 0.2) is 17.3 Å². The van der Waals surface area contributed by atoms with E-state index in [1.54, 1.807) is 24.3 Å². The molecule has 0 aromatic heterocycles. The lowest BCUT2D eigenvalue weighted by molar-refractivity contribution is 0.0974. The number of nitrogens with one attached hydrogen (secondary N) is 1. The van der Waals surface area contributed by atoms with Crippen LogP contribution in [0.5, 0.6) is 11.5 Å². The van der Waals surface area contributed by atoms with Crippen molar-refractivity contribution in [2.24, 2.45) is 0 Å². The molecule has 0 spiro atoms. The van der Waals surface area contributed by atoms with E-state index < -0.39 is 11.6 Å². The van der Waals surface area contributed by atoms with Crippen LogP contribution >= 0.6 is 12.4 Å². The van der Waals surface area contributed by atoms with E-state index in [2.05, 4.69) is 5.32 Å².